The van der Waals surface area contributed by atoms with Gasteiger partial charge in [0.05, 0.1) is 19.0 Å². The number of ether oxygens (including phenoxy) is 1. The standard InChI is InChI=1S/C17H28N4O3S.HI/c1-3-8-19-17(18-2)20-13-15-6-4-5-7-16(15)14-25(22,23)21-9-11-24-12-10-21;/h4-7H,3,8-14H2,1-2H3,(H2,18,19,20);1H. The lowest BCUT2D eigenvalue weighted by Gasteiger charge is -2.26. The van der Waals surface area contributed by atoms with Crippen molar-refractivity contribution >= 4 is 40.0 Å². The molecule has 0 bridgehead atoms. The quantitative estimate of drug-likeness (QED) is 0.340. The predicted molar refractivity (Wildman–Crippen MR) is 115 cm³/mol. The van der Waals surface area contributed by atoms with Crippen LogP contribution in [-0.2, 0) is 27.1 Å². The molecule has 1 aromatic rings. The average Bonchev–Trinajstić information content (AvgIpc) is 2.63. The topological polar surface area (TPSA) is 83.0 Å². The number of hydrogen-bond acceptors (Lipinski definition) is 4. The minimum Gasteiger partial charge on any atom is -0.379 e. The Kier molecular flexibility index (Phi) is 10.4. The maximum absolute atomic E-state index is 12.7. The Labute approximate surface area is 173 Å². The molecule has 1 aliphatic rings. The van der Waals surface area contributed by atoms with Crippen molar-refractivity contribution in [3.8, 4) is 0 Å². The van der Waals surface area contributed by atoms with E-state index in [1.807, 2.05) is 24.3 Å². The summed E-state index contributed by atoms with van der Waals surface area (Å²) in [6.07, 6.45) is 1.01. The van der Waals surface area contributed by atoms with Crippen LogP contribution >= 0.6 is 24.0 Å². The highest BCUT2D eigenvalue weighted by Gasteiger charge is 2.25. The molecule has 1 saturated heterocycles. The van der Waals surface area contributed by atoms with Gasteiger partial charge in [-0.3, -0.25) is 4.99 Å². The molecular weight excluding hydrogens is 467 g/mol. The van der Waals surface area contributed by atoms with Crippen LogP contribution in [0.25, 0.3) is 0 Å². The summed E-state index contributed by atoms with van der Waals surface area (Å²) >= 11 is 0. The molecule has 1 aliphatic heterocycles. The van der Waals surface area contributed by atoms with E-state index >= 15 is 0 Å². The van der Waals surface area contributed by atoms with Crippen molar-refractivity contribution < 1.29 is 13.2 Å². The lowest BCUT2D eigenvalue weighted by molar-refractivity contribution is 0.0729. The first-order valence-corrected chi connectivity index (χ1v) is 10.2. The molecule has 0 aromatic heterocycles. The molecule has 1 fully saturated rings. The van der Waals surface area contributed by atoms with Gasteiger partial charge in [-0.1, -0.05) is 31.2 Å². The van der Waals surface area contributed by atoms with Crippen LogP contribution in [0.5, 0.6) is 0 Å². The molecule has 7 nitrogen and oxygen atoms in total. The van der Waals surface area contributed by atoms with Crippen LogP contribution in [0, 0.1) is 0 Å². The number of rotatable bonds is 7. The monoisotopic (exact) mass is 496 g/mol. The van der Waals surface area contributed by atoms with Crippen molar-refractivity contribution in [3.05, 3.63) is 35.4 Å². The van der Waals surface area contributed by atoms with E-state index in [0.717, 1.165) is 24.1 Å². The molecule has 2 N–H and O–H groups in total. The highest BCUT2D eigenvalue weighted by molar-refractivity contribution is 14.0. The fraction of sp³-hybridized carbons (Fsp3) is 0.588. The smallest absolute Gasteiger partial charge is 0.218 e. The van der Waals surface area contributed by atoms with E-state index in [1.54, 1.807) is 7.05 Å². The summed E-state index contributed by atoms with van der Waals surface area (Å²) in [5.74, 6) is 0.721. The minimum atomic E-state index is -3.34. The number of benzene rings is 1. The summed E-state index contributed by atoms with van der Waals surface area (Å²) < 4.78 is 32.1. The third-order valence-corrected chi connectivity index (χ3v) is 5.86. The molecule has 0 radical (unpaired) electrons. The zero-order chi connectivity index (χ0) is 18.1. The first-order valence-electron chi connectivity index (χ1n) is 8.63. The third-order valence-electron chi connectivity index (χ3n) is 4.03. The van der Waals surface area contributed by atoms with Crippen molar-refractivity contribution in [1.82, 2.24) is 14.9 Å². The number of guanidine groups is 1. The molecule has 148 valence electrons. The lowest BCUT2D eigenvalue weighted by atomic mass is 10.1. The second kappa shape index (κ2) is 11.7. The number of hydrogen-bond donors (Lipinski definition) is 2. The Morgan fingerprint density at radius 1 is 1.19 bits per heavy atom. The van der Waals surface area contributed by atoms with E-state index in [9.17, 15) is 8.42 Å². The van der Waals surface area contributed by atoms with Crippen LogP contribution in [0.1, 0.15) is 24.5 Å². The van der Waals surface area contributed by atoms with Gasteiger partial charge < -0.3 is 15.4 Å². The van der Waals surface area contributed by atoms with Gasteiger partial charge in [0, 0.05) is 33.2 Å². The van der Waals surface area contributed by atoms with Gasteiger partial charge in [0.15, 0.2) is 5.96 Å². The van der Waals surface area contributed by atoms with Gasteiger partial charge in [-0.05, 0) is 17.5 Å². The van der Waals surface area contributed by atoms with Crippen LogP contribution < -0.4 is 10.6 Å². The molecular formula is C17H29IN4O3S. The first-order chi connectivity index (χ1) is 12.1. The maximum Gasteiger partial charge on any atom is 0.218 e. The largest absolute Gasteiger partial charge is 0.379 e. The number of sulfonamides is 1. The average molecular weight is 496 g/mol. The van der Waals surface area contributed by atoms with Crippen LogP contribution in [0.4, 0.5) is 0 Å². The summed E-state index contributed by atoms with van der Waals surface area (Å²) in [4.78, 5) is 4.17. The predicted octanol–water partition coefficient (Wildman–Crippen LogP) is 1.54. The fourth-order valence-electron chi connectivity index (χ4n) is 2.63. The van der Waals surface area contributed by atoms with Gasteiger partial charge in [-0.2, -0.15) is 4.31 Å². The molecule has 26 heavy (non-hydrogen) atoms. The second-order valence-electron chi connectivity index (χ2n) is 5.89. The van der Waals surface area contributed by atoms with Crippen LogP contribution in [0.3, 0.4) is 0 Å². The van der Waals surface area contributed by atoms with Crippen LogP contribution in [0.15, 0.2) is 29.3 Å². The van der Waals surface area contributed by atoms with Gasteiger partial charge >= 0.3 is 0 Å². The highest BCUT2D eigenvalue weighted by Crippen LogP contribution is 2.16. The first kappa shape index (κ1) is 23.1. The van der Waals surface area contributed by atoms with Crippen molar-refractivity contribution in [2.75, 3.05) is 39.9 Å². The van der Waals surface area contributed by atoms with Gasteiger partial charge in [0.1, 0.15) is 0 Å². The summed E-state index contributed by atoms with van der Waals surface area (Å²) in [5.41, 5.74) is 1.77. The van der Waals surface area contributed by atoms with Crippen molar-refractivity contribution in [1.29, 1.82) is 0 Å². The fourth-order valence-corrected chi connectivity index (χ4v) is 4.19. The third kappa shape index (κ3) is 7.01. The van der Waals surface area contributed by atoms with E-state index < -0.39 is 10.0 Å². The molecule has 1 aromatic carbocycles. The summed E-state index contributed by atoms with van der Waals surface area (Å²) in [5, 5.41) is 6.44. The van der Waals surface area contributed by atoms with Crippen LogP contribution in [-0.4, -0.2) is 58.6 Å². The number of nitrogens with zero attached hydrogens (tertiary/aromatic N) is 2. The van der Waals surface area contributed by atoms with E-state index in [4.69, 9.17) is 4.74 Å². The zero-order valence-corrected chi connectivity index (χ0v) is 18.5. The van der Waals surface area contributed by atoms with Crippen molar-refractivity contribution in [2.45, 2.75) is 25.6 Å². The molecule has 2 rings (SSSR count). The number of aliphatic imine (C=N–C) groups is 1. The number of nitrogens with one attached hydrogen (secondary N) is 2. The summed E-state index contributed by atoms with van der Waals surface area (Å²) in [7, 11) is -1.62. The van der Waals surface area contributed by atoms with Gasteiger partial charge in [0.2, 0.25) is 10.0 Å². The molecule has 9 heteroatoms. The molecule has 0 spiro atoms. The molecule has 0 atom stereocenters. The van der Waals surface area contributed by atoms with Gasteiger partial charge in [0.25, 0.3) is 0 Å². The number of halogens is 1. The van der Waals surface area contributed by atoms with E-state index in [1.165, 1.54) is 4.31 Å². The Bertz CT molecular complexity index is 676. The van der Waals surface area contributed by atoms with Crippen molar-refractivity contribution in [3.63, 3.8) is 0 Å². The molecule has 0 saturated carbocycles. The van der Waals surface area contributed by atoms with Crippen LogP contribution in [0.2, 0.25) is 0 Å². The SMILES string of the molecule is CCCNC(=NC)NCc1ccccc1CS(=O)(=O)N1CCOCC1.I. The Balaban J connectivity index is 0.00000338. The number of morpholine rings is 1. The van der Waals surface area contributed by atoms with E-state index in [0.29, 0.717) is 38.8 Å². The lowest BCUT2D eigenvalue weighted by Crippen LogP contribution is -2.41. The van der Waals surface area contributed by atoms with Gasteiger partial charge in [-0.15, -0.1) is 24.0 Å². The zero-order valence-electron chi connectivity index (χ0n) is 15.4. The normalized spacial score (nSPS) is 16.0. The Hall–Kier alpha value is -0.910. The second-order valence-corrected chi connectivity index (χ2v) is 7.86. The maximum atomic E-state index is 12.7. The Morgan fingerprint density at radius 2 is 1.85 bits per heavy atom. The minimum absolute atomic E-state index is 0. The molecule has 1 heterocycles. The van der Waals surface area contributed by atoms with E-state index in [-0.39, 0.29) is 29.7 Å². The summed E-state index contributed by atoms with van der Waals surface area (Å²) in [6, 6.07) is 7.61. The molecule has 0 amide bonds. The van der Waals surface area contributed by atoms with Gasteiger partial charge in [-0.25, -0.2) is 8.42 Å². The molecule has 0 aliphatic carbocycles. The molecule has 0 unspecified atom stereocenters. The van der Waals surface area contributed by atoms with Crippen molar-refractivity contribution in [2.24, 2.45) is 4.99 Å². The summed E-state index contributed by atoms with van der Waals surface area (Å²) in [6.45, 7) is 5.23. The Morgan fingerprint density at radius 3 is 2.46 bits per heavy atom. The van der Waals surface area contributed by atoms with E-state index in [2.05, 4.69) is 22.5 Å². The highest BCUT2D eigenvalue weighted by atomic mass is 127.